The number of nitrogens with zero attached hydrogens (tertiary/aromatic N) is 2. The maximum absolute atomic E-state index is 14.3. The van der Waals surface area contributed by atoms with E-state index in [9.17, 15) is 9.59 Å². The average molecular weight is 589 g/mol. The lowest BCUT2D eigenvalue weighted by Gasteiger charge is -2.44. The number of hydrogen-bond acceptors (Lipinski definition) is 4. The highest BCUT2D eigenvalue weighted by atomic mass is 28.4. The molecule has 0 aliphatic carbocycles. The van der Waals surface area contributed by atoms with Gasteiger partial charge in [0, 0.05) is 31.1 Å². The summed E-state index contributed by atoms with van der Waals surface area (Å²) < 4.78 is 7.13. The highest BCUT2D eigenvalue weighted by Gasteiger charge is 2.50. The molecular formula is C35H48N2O4Si. The van der Waals surface area contributed by atoms with Gasteiger partial charge in [-0.15, -0.1) is 0 Å². The van der Waals surface area contributed by atoms with Gasteiger partial charge in [0.25, 0.3) is 14.2 Å². The van der Waals surface area contributed by atoms with Crippen LogP contribution >= 0.6 is 0 Å². The van der Waals surface area contributed by atoms with Crippen LogP contribution in [0.4, 0.5) is 0 Å². The molecule has 0 atom stereocenters. The predicted molar refractivity (Wildman–Crippen MR) is 174 cm³/mol. The zero-order valence-corrected chi connectivity index (χ0v) is 27.9. The second-order valence-electron chi connectivity index (χ2n) is 12.9. The molecule has 2 amide bonds. The molecule has 0 aromatic heterocycles. The zero-order chi connectivity index (χ0) is 31.1. The van der Waals surface area contributed by atoms with Gasteiger partial charge in [0.05, 0.1) is 13.7 Å². The van der Waals surface area contributed by atoms with E-state index in [1.807, 2.05) is 42.2 Å². The predicted octanol–water partition coefficient (Wildman–Crippen LogP) is 5.76. The van der Waals surface area contributed by atoms with Crippen molar-refractivity contribution in [3.8, 4) is 0 Å². The molecule has 0 aliphatic heterocycles. The van der Waals surface area contributed by atoms with Crippen molar-refractivity contribution in [3.63, 3.8) is 0 Å². The molecule has 0 saturated heterocycles. The third kappa shape index (κ3) is 7.57. The lowest BCUT2D eigenvalue weighted by molar-refractivity contribution is -0.168. The molecule has 0 aliphatic rings. The van der Waals surface area contributed by atoms with Gasteiger partial charge in [0.1, 0.15) is 0 Å². The van der Waals surface area contributed by atoms with E-state index < -0.39 is 13.9 Å². The molecule has 7 heteroatoms. The zero-order valence-electron chi connectivity index (χ0n) is 26.9. The molecule has 42 heavy (non-hydrogen) atoms. The summed E-state index contributed by atoms with van der Waals surface area (Å²) in [4.78, 5) is 33.6. The van der Waals surface area contributed by atoms with Gasteiger partial charge >= 0.3 is 0 Å². The minimum absolute atomic E-state index is 0.0557. The largest absolute Gasteiger partial charge is 0.406 e. The van der Waals surface area contributed by atoms with E-state index in [2.05, 4.69) is 90.1 Å². The Kier molecular flexibility index (Phi) is 10.9. The second-order valence-corrected chi connectivity index (χ2v) is 17.2. The van der Waals surface area contributed by atoms with Crippen LogP contribution in [0.1, 0.15) is 69.4 Å². The minimum atomic E-state index is -2.74. The first-order valence-corrected chi connectivity index (χ1v) is 16.6. The Morgan fingerprint density at radius 3 is 1.86 bits per heavy atom. The van der Waals surface area contributed by atoms with Gasteiger partial charge in [0.15, 0.2) is 0 Å². The maximum Gasteiger partial charge on any atom is 0.261 e. The first-order chi connectivity index (χ1) is 19.7. The number of hydrogen-bond donors (Lipinski definition) is 0. The van der Waals surface area contributed by atoms with Crippen LogP contribution in [0.25, 0.3) is 0 Å². The van der Waals surface area contributed by atoms with Crippen molar-refractivity contribution in [2.24, 2.45) is 0 Å². The fourth-order valence-corrected chi connectivity index (χ4v) is 10.1. The molecule has 3 aromatic rings. The highest BCUT2D eigenvalue weighted by molar-refractivity contribution is 6.99. The Bertz CT molecular complexity index is 1290. The Morgan fingerprint density at radius 1 is 0.833 bits per heavy atom. The van der Waals surface area contributed by atoms with Crippen molar-refractivity contribution in [3.05, 3.63) is 95.6 Å². The molecule has 0 fully saturated rings. The fourth-order valence-electron chi connectivity index (χ4n) is 5.55. The monoisotopic (exact) mass is 588 g/mol. The van der Waals surface area contributed by atoms with Gasteiger partial charge in [-0.25, -0.2) is 5.06 Å². The summed E-state index contributed by atoms with van der Waals surface area (Å²) in [6, 6.07) is 27.0. The van der Waals surface area contributed by atoms with Crippen LogP contribution in [-0.2, 0) is 20.5 Å². The van der Waals surface area contributed by atoms with E-state index in [4.69, 9.17) is 9.26 Å². The lowest BCUT2D eigenvalue weighted by Crippen LogP contribution is -2.67. The van der Waals surface area contributed by atoms with Crippen molar-refractivity contribution in [1.82, 2.24) is 9.96 Å². The normalized spacial score (nSPS) is 12.2. The van der Waals surface area contributed by atoms with E-state index in [-0.39, 0.29) is 23.3 Å². The molecule has 3 aromatic carbocycles. The minimum Gasteiger partial charge on any atom is -0.406 e. The molecule has 0 spiro atoms. The summed E-state index contributed by atoms with van der Waals surface area (Å²) in [5, 5.41) is 3.49. The smallest absolute Gasteiger partial charge is 0.261 e. The quantitative estimate of drug-likeness (QED) is 0.211. The third-order valence-electron chi connectivity index (χ3n) is 7.83. The third-order valence-corrected chi connectivity index (χ3v) is 12.9. The van der Waals surface area contributed by atoms with Crippen LogP contribution in [0.3, 0.4) is 0 Å². The molecular weight excluding hydrogens is 540 g/mol. The summed E-state index contributed by atoms with van der Waals surface area (Å²) in [7, 11) is 0.320. The highest BCUT2D eigenvalue weighted by Crippen LogP contribution is 2.37. The number of aryl methyl sites for hydroxylation is 2. The van der Waals surface area contributed by atoms with Gasteiger partial charge in [-0.1, -0.05) is 99.1 Å². The number of carbonyl (C=O) groups excluding carboxylic acids is 2. The van der Waals surface area contributed by atoms with Gasteiger partial charge in [-0.05, 0) is 61.2 Å². The molecule has 226 valence electrons. The summed E-state index contributed by atoms with van der Waals surface area (Å²) in [6.07, 6.45) is 0.699. The van der Waals surface area contributed by atoms with Crippen LogP contribution in [-0.4, -0.2) is 62.9 Å². The van der Waals surface area contributed by atoms with Crippen molar-refractivity contribution >= 4 is 30.5 Å². The van der Waals surface area contributed by atoms with E-state index in [0.29, 0.717) is 25.1 Å². The lowest BCUT2D eigenvalue weighted by atomic mass is 9.97. The van der Waals surface area contributed by atoms with Gasteiger partial charge in [-0.2, -0.15) is 0 Å². The molecule has 0 unspecified atom stereocenters. The topological polar surface area (TPSA) is 59.1 Å². The van der Waals surface area contributed by atoms with Gasteiger partial charge in [-0.3, -0.25) is 14.4 Å². The molecule has 0 N–H and O–H groups in total. The van der Waals surface area contributed by atoms with Crippen molar-refractivity contribution in [2.45, 2.75) is 71.9 Å². The molecule has 6 nitrogen and oxygen atoms in total. The Labute approximate surface area is 253 Å². The molecule has 0 radical (unpaired) electrons. The number of carbonyl (C=O) groups is 2. The van der Waals surface area contributed by atoms with Crippen LogP contribution in [0.2, 0.25) is 5.04 Å². The van der Waals surface area contributed by atoms with E-state index in [1.165, 1.54) is 22.5 Å². The van der Waals surface area contributed by atoms with E-state index in [0.717, 1.165) is 11.1 Å². The van der Waals surface area contributed by atoms with Crippen LogP contribution in [0.5, 0.6) is 0 Å². The fraction of sp³-hybridized carbons (Fsp3) is 0.429. The molecule has 0 bridgehead atoms. The van der Waals surface area contributed by atoms with Crippen LogP contribution in [0.15, 0.2) is 78.9 Å². The standard InChI is InChI=1S/C35H48N2O4Si/c1-27-20-21-28(22-23-32(38)36(8)40-9)31(26-27)33(39)37(34(2,3)4)24-25-41-42(35(5,6)7,29-16-12-10-13-17-29)30-18-14-11-15-19-30/h10-21,26H,22-25H2,1-9H3. The molecule has 3 rings (SSSR count). The van der Waals surface area contributed by atoms with Gasteiger partial charge < -0.3 is 9.33 Å². The van der Waals surface area contributed by atoms with Crippen molar-refractivity contribution in [1.29, 1.82) is 0 Å². The first-order valence-electron chi connectivity index (χ1n) is 14.7. The number of benzene rings is 3. The Morgan fingerprint density at radius 2 is 1.38 bits per heavy atom. The van der Waals surface area contributed by atoms with Crippen LogP contribution < -0.4 is 10.4 Å². The van der Waals surface area contributed by atoms with Crippen LogP contribution in [0, 0.1) is 6.92 Å². The van der Waals surface area contributed by atoms with E-state index >= 15 is 0 Å². The van der Waals surface area contributed by atoms with E-state index in [1.54, 1.807) is 7.05 Å². The summed E-state index contributed by atoms with van der Waals surface area (Å²) in [6.45, 7) is 15.8. The van der Waals surface area contributed by atoms with Gasteiger partial charge in [0.2, 0.25) is 5.91 Å². The SMILES string of the molecule is CON(C)C(=O)CCc1ccc(C)cc1C(=O)N(CCO[Si](c1ccccc1)(c1ccccc1)C(C)(C)C)C(C)(C)C. The summed E-state index contributed by atoms with van der Waals surface area (Å²) in [5.41, 5.74) is 2.03. The summed E-state index contributed by atoms with van der Waals surface area (Å²) >= 11 is 0. The Hall–Kier alpha value is -3.26. The Balaban J connectivity index is 1.95. The number of hydroxylamine groups is 2. The first kappa shape index (κ1) is 33.2. The van der Waals surface area contributed by atoms with Crippen molar-refractivity contribution < 1.29 is 18.9 Å². The maximum atomic E-state index is 14.3. The molecule has 0 saturated carbocycles. The van der Waals surface area contributed by atoms with Crippen molar-refractivity contribution in [2.75, 3.05) is 27.3 Å². The number of rotatable bonds is 11. The second kappa shape index (κ2) is 13.8. The molecule has 0 heterocycles. The number of amides is 2. The average Bonchev–Trinajstić information content (AvgIpc) is 2.95. The summed E-state index contributed by atoms with van der Waals surface area (Å²) in [5.74, 6) is -0.192.